The number of likely N-dealkylation sites (tertiary alicyclic amines) is 1. The summed E-state index contributed by atoms with van der Waals surface area (Å²) in [6, 6.07) is 6.99. The minimum Gasteiger partial charge on any atom is -0.313 e. The Labute approximate surface area is 109 Å². The summed E-state index contributed by atoms with van der Waals surface area (Å²) in [7, 11) is 2.19. The van der Waals surface area contributed by atoms with Crippen LogP contribution in [0, 0.1) is 11.7 Å². The number of halogens is 1. The maximum atomic E-state index is 13.4. The third-order valence-electron chi connectivity index (χ3n) is 3.84. The zero-order valence-corrected chi connectivity index (χ0v) is 11.2. The van der Waals surface area contributed by atoms with Crippen molar-refractivity contribution in [2.24, 2.45) is 5.92 Å². The van der Waals surface area contributed by atoms with Crippen LogP contribution >= 0.6 is 0 Å². The van der Waals surface area contributed by atoms with Gasteiger partial charge in [-0.15, -0.1) is 0 Å². The molecule has 1 aromatic carbocycles. The largest absolute Gasteiger partial charge is 0.313 e. The van der Waals surface area contributed by atoms with Gasteiger partial charge in [0.1, 0.15) is 5.82 Å². The lowest BCUT2D eigenvalue weighted by atomic mass is 9.94. The molecule has 0 aliphatic carbocycles. The molecule has 1 heterocycles. The average Bonchev–Trinajstić information content (AvgIpc) is 2.39. The molecule has 0 atom stereocenters. The maximum Gasteiger partial charge on any atom is 0.127 e. The highest BCUT2D eigenvalue weighted by Crippen LogP contribution is 2.18. The maximum absolute atomic E-state index is 13.4. The molecular weight excluding hydrogens is 227 g/mol. The molecule has 1 aliphatic heterocycles. The van der Waals surface area contributed by atoms with Crippen molar-refractivity contribution in [1.82, 2.24) is 10.2 Å². The number of benzene rings is 1. The molecule has 0 unspecified atom stereocenters. The van der Waals surface area contributed by atoms with Crippen molar-refractivity contribution in [3.63, 3.8) is 0 Å². The fraction of sp³-hybridized carbons (Fsp3) is 0.600. The molecule has 2 nitrogen and oxygen atoms in total. The Bertz CT molecular complexity index is 359. The summed E-state index contributed by atoms with van der Waals surface area (Å²) in [5.74, 6) is 0.735. The van der Waals surface area contributed by atoms with Gasteiger partial charge in [0.15, 0.2) is 0 Å². The first-order valence-electron chi connectivity index (χ1n) is 6.88. The van der Waals surface area contributed by atoms with E-state index in [1.165, 1.54) is 38.4 Å². The van der Waals surface area contributed by atoms with Crippen LogP contribution in [-0.4, -0.2) is 31.6 Å². The first kappa shape index (κ1) is 13.5. The molecule has 0 radical (unpaired) electrons. The van der Waals surface area contributed by atoms with Gasteiger partial charge in [0.25, 0.3) is 0 Å². The van der Waals surface area contributed by atoms with E-state index < -0.39 is 0 Å². The summed E-state index contributed by atoms with van der Waals surface area (Å²) in [4.78, 5) is 2.39. The van der Waals surface area contributed by atoms with Gasteiger partial charge in [0.05, 0.1) is 0 Å². The van der Waals surface area contributed by atoms with E-state index in [9.17, 15) is 4.39 Å². The topological polar surface area (TPSA) is 15.3 Å². The van der Waals surface area contributed by atoms with E-state index in [2.05, 4.69) is 17.3 Å². The number of nitrogens with one attached hydrogen (secondary N) is 1. The minimum absolute atomic E-state index is 0.107. The lowest BCUT2D eigenvalue weighted by Crippen LogP contribution is -2.31. The van der Waals surface area contributed by atoms with Crippen LogP contribution in [0.3, 0.4) is 0 Å². The second-order valence-corrected chi connectivity index (χ2v) is 5.30. The molecule has 0 aromatic heterocycles. The minimum atomic E-state index is -0.107. The van der Waals surface area contributed by atoms with Gasteiger partial charge < -0.3 is 10.2 Å². The Morgan fingerprint density at radius 1 is 1.28 bits per heavy atom. The zero-order chi connectivity index (χ0) is 12.8. The summed E-state index contributed by atoms with van der Waals surface area (Å²) in [5, 5.41) is 3.35. The summed E-state index contributed by atoms with van der Waals surface area (Å²) in [6.07, 6.45) is 3.82. The predicted octanol–water partition coefficient (Wildman–Crippen LogP) is 2.65. The lowest BCUT2D eigenvalue weighted by Gasteiger charge is -2.28. The van der Waals surface area contributed by atoms with Gasteiger partial charge >= 0.3 is 0 Å². The number of hydrogen-bond donors (Lipinski definition) is 1. The second kappa shape index (κ2) is 6.86. The van der Waals surface area contributed by atoms with Gasteiger partial charge in [-0.25, -0.2) is 4.39 Å². The van der Waals surface area contributed by atoms with E-state index in [4.69, 9.17) is 0 Å². The van der Waals surface area contributed by atoms with E-state index in [1.807, 2.05) is 12.1 Å². The Hall–Kier alpha value is -0.930. The van der Waals surface area contributed by atoms with Crippen molar-refractivity contribution < 1.29 is 4.39 Å². The molecule has 0 saturated carbocycles. The van der Waals surface area contributed by atoms with Gasteiger partial charge in [-0.05, 0) is 57.9 Å². The van der Waals surface area contributed by atoms with E-state index >= 15 is 0 Å². The fourth-order valence-corrected chi connectivity index (χ4v) is 2.52. The highest BCUT2D eigenvalue weighted by molar-refractivity contribution is 5.16. The second-order valence-electron chi connectivity index (χ2n) is 5.30. The quantitative estimate of drug-likeness (QED) is 0.808. The molecule has 0 spiro atoms. The highest BCUT2D eigenvalue weighted by Gasteiger charge is 2.15. The number of nitrogens with zero attached hydrogens (tertiary/aromatic N) is 1. The summed E-state index contributed by atoms with van der Waals surface area (Å²) in [5.41, 5.74) is 0.765. The van der Waals surface area contributed by atoms with Crippen LogP contribution in [0.2, 0.25) is 0 Å². The number of hydrogen-bond acceptors (Lipinski definition) is 2. The molecular formula is C15H23FN2. The van der Waals surface area contributed by atoms with Crippen LogP contribution in [0.1, 0.15) is 24.8 Å². The molecule has 1 saturated heterocycles. The summed E-state index contributed by atoms with van der Waals surface area (Å²) < 4.78 is 13.4. The Balaban J connectivity index is 1.63. The fourth-order valence-electron chi connectivity index (χ4n) is 2.52. The van der Waals surface area contributed by atoms with Crippen LogP contribution in [-0.2, 0) is 6.54 Å². The predicted molar refractivity (Wildman–Crippen MR) is 72.9 cm³/mol. The van der Waals surface area contributed by atoms with Gasteiger partial charge in [-0.2, -0.15) is 0 Å². The number of rotatable bonds is 5. The molecule has 1 fully saturated rings. The van der Waals surface area contributed by atoms with Crippen molar-refractivity contribution in [2.45, 2.75) is 25.8 Å². The van der Waals surface area contributed by atoms with Gasteiger partial charge in [-0.1, -0.05) is 18.2 Å². The third-order valence-corrected chi connectivity index (χ3v) is 3.84. The van der Waals surface area contributed by atoms with Gasteiger partial charge in [0, 0.05) is 12.1 Å². The van der Waals surface area contributed by atoms with E-state index in [0.29, 0.717) is 6.54 Å². The van der Waals surface area contributed by atoms with Crippen molar-refractivity contribution >= 4 is 0 Å². The Morgan fingerprint density at radius 3 is 2.72 bits per heavy atom. The van der Waals surface area contributed by atoms with E-state index in [0.717, 1.165) is 18.0 Å². The van der Waals surface area contributed by atoms with Crippen LogP contribution in [0.5, 0.6) is 0 Å². The number of piperidine rings is 1. The normalized spacial score (nSPS) is 18.1. The Morgan fingerprint density at radius 2 is 2.00 bits per heavy atom. The van der Waals surface area contributed by atoms with Crippen molar-refractivity contribution in [3.05, 3.63) is 35.6 Å². The average molecular weight is 250 g/mol. The molecule has 3 heteroatoms. The molecule has 18 heavy (non-hydrogen) atoms. The monoisotopic (exact) mass is 250 g/mol. The highest BCUT2D eigenvalue weighted by atomic mass is 19.1. The Kier molecular flexibility index (Phi) is 5.14. The first-order chi connectivity index (χ1) is 8.75. The molecule has 2 rings (SSSR count). The van der Waals surface area contributed by atoms with Crippen LogP contribution in [0.4, 0.5) is 4.39 Å². The lowest BCUT2D eigenvalue weighted by molar-refractivity contribution is 0.211. The zero-order valence-electron chi connectivity index (χ0n) is 11.2. The van der Waals surface area contributed by atoms with Crippen molar-refractivity contribution in [3.8, 4) is 0 Å². The van der Waals surface area contributed by atoms with E-state index in [-0.39, 0.29) is 5.82 Å². The van der Waals surface area contributed by atoms with Gasteiger partial charge in [0.2, 0.25) is 0 Å². The standard InChI is InChI=1S/C15H23FN2/c1-18-10-7-13(8-11-18)6-9-17-12-14-4-2-3-5-15(14)16/h2-5,13,17H,6-12H2,1H3. The van der Waals surface area contributed by atoms with Crippen molar-refractivity contribution in [1.29, 1.82) is 0 Å². The third kappa shape index (κ3) is 4.07. The molecule has 100 valence electrons. The first-order valence-corrected chi connectivity index (χ1v) is 6.88. The van der Waals surface area contributed by atoms with Crippen LogP contribution in [0.15, 0.2) is 24.3 Å². The van der Waals surface area contributed by atoms with Gasteiger partial charge in [-0.3, -0.25) is 0 Å². The molecule has 1 aliphatic rings. The molecule has 0 bridgehead atoms. The SMILES string of the molecule is CN1CCC(CCNCc2ccccc2F)CC1. The summed E-state index contributed by atoms with van der Waals surface area (Å²) in [6.45, 7) is 4.07. The molecule has 1 N–H and O–H groups in total. The molecule has 0 amide bonds. The van der Waals surface area contributed by atoms with E-state index in [1.54, 1.807) is 6.07 Å². The van der Waals surface area contributed by atoms with Crippen LogP contribution < -0.4 is 5.32 Å². The molecule has 1 aromatic rings. The van der Waals surface area contributed by atoms with Crippen LogP contribution in [0.25, 0.3) is 0 Å². The summed E-state index contributed by atoms with van der Waals surface area (Å²) >= 11 is 0. The smallest absolute Gasteiger partial charge is 0.127 e. The van der Waals surface area contributed by atoms with Crippen molar-refractivity contribution in [2.75, 3.05) is 26.7 Å².